The summed E-state index contributed by atoms with van der Waals surface area (Å²) in [6, 6.07) is 15.1. The second kappa shape index (κ2) is 21.2. The predicted octanol–water partition coefficient (Wildman–Crippen LogP) is 6.59. The third-order valence-electron chi connectivity index (χ3n) is 6.12. The molecule has 0 saturated heterocycles. The molecule has 0 aliphatic rings. The topological polar surface area (TPSA) is 142 Å². The maximum atomic E-state index is 11.8. The number of hydrogen-bond acceptors (Lipinski definition) is 10. The summed E-state index contributed by atoms with van der Waals surface area (Å²) in [5.74, 6) is -1.88. The Bertz CT molecular complexity index is 1310. The van der Waals surface area contributed by atoms with Crippen LogP contribution in [-0.4, -0.2) is 48.2 Å². The van der Waals surface area contributed by atoms with Crippen LogP contribution in [0, 0.1) is 0 Å². The van der Waals surface area contributed by atoms with E-state index in [1.807, 2.05) is 48.5 Å². The summed E-state index contributed by atoms with van der Waals surface area (Å²) in [4.78, 5) is 54.1. The lowest BCUT2D eigenvalue weighted by Crippen LogP contribution is -2.18. The van der Waals surface area contributed by atoms with Gasteiger partial charge in [0.25, 0.3) is 0 Å². The summed E-state index contributed by atoms with van der Waals surface area (Å²) in [7, 11) is 0. The van der Waals surface area contributed by atoms with Gasteiger partial charge in [-0.1, -0.05) is 89.4 Å². The van der Waals surface area contributed by atoms with Crippen molar-refractivity contribution in [2.24, 2.45) is 0 Å². The predicted molar refractivity (Wildman–Crippen MR) is 175 cm³/mol. The molecule has 0 amide bonds. The van der Waals surface area contributed by atoms with Gasteiger partial charge in [-0.2, -0.15) is 0 Å². The molecule has 0 heterocycles. The lowest BCUT2D eigenvalue weighted by molar-refractivity contribution is -0.156. The van der Waals surface area contributed by atoms with Crippen molar-refractivity contribution in [1.29, 1.82) is 0 Å². The first-order valence-electron chi connectivity index (χ1n) is 14.9. The maximum absolute atomic E-state index is 11.8. The van der Waals surface area contributed by atoms with Gasteiger partial charge in [0.05, 0.1) is 24.4 Å². The third kappa shape index (κ3) is 15.4. The van der Waals surface area contributed by atoms with Gasteiger partial charge in [0, 0.05) is 20.8 Å². The Hall–Kier alpha value is -4.57. The van der Waals surface area contributed by atoms with Crippen LogP contribution in [0.4, 0.5) is 0 Å². The van der Waals surface area contributed by atoms with Crippen LogP contribution in [0.3, 0.4) is 0 Å². The highest BCUT2D eigenvalue weighted by Gasteiger charge is 2.25. The average Bonchev–Trinajstić information content (AvgIpc) is 2.99. The smallest absolute Gasteiger partial charge is 0.337 e. The highest BCUT2D eigenvalue weighted by molar-refractivity contribution is 5.90. The molecule has 10 nitrogen and oxygen atoms in total. The first kappa shape index (κ1) is 41.4. The molecular weight excluding hydrogens is 592 g/mol. The van der Waals surface area contributed by atoms with Gasteiger partial charge >= 0.3 is 29.8 Å². The molecular formula is C36H48O10. The van der Waals surface area contributed by atoms with E-state index in [1.165, 1.54) is 31.9 Å². The Balaban J connectivity index is 0.000000737. The van der Waals surface area contributed by atoms with Gasteiger partial charge < -0.3 is 24.1 Å². The zero-order valence-corrected chi connectivity index (χ0v) is 28.4. The van der Waals surface area contributed by atoms with Crippen LogP contribution in [0.2, 0.25) is 0 Å². The fourth-order valence-corrected chi connectivity index (χ4v) is 3.70. The zero-order chi connectivity index (χ0) is 35.6. The largest absolute Gasteiger partial charge is 0.463 e. The van der Waals surface area contributed by atoms with E-state index in [0.717, 1.165) is 0 Å². The highest BCUT2D eigenvalue weighted by atomic mass is 16.6. The van der Waals surface area contributed by atoms with Crippen LogP contribution >= 0.6 is 0 Å². The van der Waals surface area contributed by atoms with Crippen LogP contribution in [-0.2, 0) is 42.9 Å². The fourth-order valence-electron chi connectivity index (χ4n) is 3.70. The van der Waals surface area contributed by atoms with E-state index >= 15 is 0 Å². The molecule has 0 saturated carbocycles. The minimum absolute atomic E-state index is 0.0640. The van der Waals surface area contributed by atoms with Gasteiger partial charge in [0.1, 0.15) is 6.10 Å². The molecule has 0 spiro atoms. The molecule has 0 fully saturated rings. The molecule has 252 valence electrons. The van der Waals surface area contributed by atoms with Gasteiger partial charge in [-0.3, -0.25) is 14.4 Å². The molecule has 0 aliphatic carbocycles. The highest BCUT2D eigenvalue weighted by Crippen LogP contribution is 2.28. The zero-order valence-electron chi connectivity index (χ0n) is 28.4. The van der Waals surface area contributed by atoms with E-state index in [2.05, 4.69) is 45.6 Å². The third-order valence-corrected chi connectivity index (χ3v) is 6.12. The molecule has 2 aromatic carbocycles. The Morgan fingerprint density at radius 2 is 0.957 bits per heavy atom. The van der Waals surface area contributed by atoms with Gasteiger partial charge in [-0.25, -0.2) is 9.59 Å². The van der Waals surface area contributed by atoms with Crippen molar-refractivity contribution in [1.82, 2.24) is 0 Å². The molecule has 1 N–H and O–H groups in total. The molecule has 2 rings (SSSR count). The van der Waals surface area contributed by atoms with Crippen molar-refractivity contribution in [2.75, 3.05) is 13.2 Å². The number of carbonyl (C=O) groups is 5. The number of benzene rings is 2. The van der Waals surface area contributed by atoms with E-state index < -0.39 is 42.1 Å². The number of aliphatic hydroxyl groups is 1. The number of ether oxygens (including phenoxy) is 4. The number of aliphatic hydroxyl groups excluding tert-OH is 1. The summed E-state index contributed by atoms with van der Waals surface area (Å²) >= 11 is 0. The monoisotopic (exact) mass is 640 g/mol. The second-order valence-electron chi connectivity index (χ2n) is 10.6. The fraction of sp³-hybridized carbons (Fsp3) is 0.417. The lowest BCUT2D eigenvalue weighted by atomic mass is 9.97. The van der Waals surface area contributed by atoms with Crippen molar-refractivity contribution in [3.8, 4) is 0 Å². The van der Waals surface area contributed by atoms with Crippen molar-refractivity contribution in [2.45, 2.75) is 86.4 Å². The van der Waals surface area contributed by atoms with Crippen molar-refractivity contribution in [3.63, 3.8) is 0 Å². The molecule has 0 bridgehead atoms. The van der Waals surface area contributed by atoms with Crippen molar-refractivity contribution >= 4 is 29.8 Å². The van der Waals surface area contributed by atoms with Crippen molar-refractivity contribution in [3.05, 3.63) is 95.1 Å². The Labute approximate surface area is 272 Å². The van der Waals surface area contributed by atoms with Gasteiger partial charge in [-0.05, 0) is 47.9 Å². The first-order valence-corrected chi connectivity index (χ1v) is 14.9. The minimum atomic E-state index is -1.01. The molecule has 2 unspecified atom stereocenters. The van der Waals surface area contributed by atoms with Gasteiger partial charge in [0.2, 0.25) is 0 Å². The molecule has 46 heavy (non-hydrogen) atoms. The molecule has 0 radical (unpaired) electrons. The lowest BCUT2D eigenvalue weighted by Gasteiger charge is -2.19. The summed E-state index contributed by atoms with van der Waals surface area (Å²) in [5.41, 5.74) is 3.89. The summed E-state index contributed by atoms with van der Waals surface area (Å²) in [5, 5.41) is 10.0. The number of hydrogen-bond donors (Lipinski definition) is 1. The van der Waals surface area contributed by atoms with Crippen LogP contribution in [0.25, 0.3) is 0 Å². The van der Waals surface area contributed by atoms with E-state index in [1.54, 1.807) is 13.8 Å². The maximum Gasteiger partial charge on any atom is 0.337 e. The molecule has 0 aliphatic heterocycles. The Kier molecular flexibility index (Phi) is 19.1. The standard InChI is InChI=1S/C17H22O4.C15H20O3.C4H6O3/c1-6-20-17(19)12(4)16(21-13(5)18)15-9-7-14(8-10-15)11(2)3;1-5-18-15(17)11(4)14(16)13-8-6-12(7-9-13)10(2)3;1-3(5)7-4(2)6/h7-11,16H,4,6H2,1-3,5H3;6-10,14,16H,4-5H2,1-3H3;1-2H3. The first-order chi connectivity index (χ1) is 21.5. The van der Waals surface area contributed by atoms with E-state index in [-0.39, 0.29) is 24.4 Å². The number of esters is 5. The molecule has 2 aromatic rings. The van der Waals surface area contributed by atoms with Crippen LogP contribution in [0.1, 0.15) is 109 Å². The minimum Gasteiger partial charge on any atom is -0.463 e. The van der Waals surface area contributed by atoms with Crippen LogP contribution in [0.15, 0.2) is 72.8 Å². The summed E-state index contributed by atoms with van der Waals surface area (Å²) in [6.07, 6.45) is -1.83. The van der Waals surface area contributed by atoms with E-state index in [4.69, 9.17) is 14.2 Å². The SMILES string of the molecule is C=C(C(=O)OCC)C(O)c1ccc(C(C)C)cc1.C=C(C(=O)OCC)C(OC(C)=O)c1ccc(C(C)C)cc1.CC(=O)OC(C)=O. The normalized spacial score (nSPS) is 11.4. The van der Waals surface area contributed by atoms with E-state index in [9.17, 15) is 29.1 Å². The summed E-state index contributed by atoms with van der Waals surface area (Å²) in [6.45, 7) is 23.3. The molecule has 0 aromatic heterocycles. The van der Waals surface area contributed by atoms with E-state index in [0.29, 0.717) is 23.0 Å². The Morgan fingerprint density at radius 3 is 1.26 bits per heavy atom. The molecule has 2 atom stereocenters. The van der Waals surface area contributed by atoms with Crippen molar-refractivity contribution < 1.29 is 48.0 Å². The Morgan fingerprint density at radius 1 is 0.609 bits per heavy atom. The number of carbonyl (C=O) groups excluding carboxylic acids is 5. The summed E-state index contributed by atoms with van der Waals surface area (Å²) < 4.78 is 18.9. The van der Waals surface area contributed by atoms with Crippen LogP contribution < -0.4 is 0 Å². The second-order valence-corrected chi connectivity index (χ2v) is 10.6. The molecule has 10 heteroatoms. The number of rotatable bonds is 11. The average molecular weight is 641 g/mol. The van der Waals surface area contributed by atoms with Crippen LogP contribution in [0.5, 0.6) is 0 Å². The quantitative estimate of drug-likeness (QED) is 0.124. The van der Waals surface area contributed by atoms with Gasteiger partial charge in [0.15, 0.2) is 6.10 Å². The van der Waals surface area contributed by atoms with Gasteiger partial charge in [-0.15, -0.1) is 0 Å².